The molecule has 0 spiro atoms. The minimum absolute atomic E-state index is 0.198. The monoisotopic (exact) mass is 453 g/mol. The molecule has 3 aromatic carbocycles. The van der Waals surface area contributed by atoms with Crippen LogP contribution in [0.5, 0.6) is 5.75 Å². The lowest BCUT2D eigenvalue weighted by atomic mass is 10.1. The molecular formula is C27H23N3O4. The first kappa shape index (κ1) is 21.5. The molecular weight excluding hydrogens is 430 g/mol. The van der Waals surface area contributed by atoms with E-state index in [0.717, 1.165) is 16.5 Å². The number of nitrogens with one attached hydrogen (secondary N) is 2. The highest BCUT2D eigenvalue weighted by molar-refractivity contribution is 6.16. The van der Waals surface area contributed by atoms with Gasteiger partial charge in [-0.1, -0.05) is 36.4 Å². The van der Waals surface area contributed by atoms with Gasteiger partial charge in [0.2, 0.25) is 11.8 Å². The summed E-state index contributed by atoms with van der Waals surface area (Å²) in [6, 6.07) is 24.0. The predicted molar refractivity (Wildman–Crippen MR) is 130 cm³/mol. The lowest BCUT2D eigenvalue weighted by Gasteiger charge is -2.24. The fraction of sp³-hybridized carbons (Fsp3) is 0.148. The maximum absolute atomic E-state index is 12.9. The molecule has 0 radical (unpaired) electrons. The lowest BCUT2D eigenvalue weighted by Crippen LogP contribution is -2.40. The first-order chi connectivity index (χ1) is 16.6. The third-order valence-electron chi connectivity index (χ3n) is 5.77. The van der Waals surface area contributed by atoms with Gasteiger partial charge in [0.15, 0.2) is 0 Å². The highest BCUT2D eigenvalue weighted by atomic mass is 16.5. The van der Waals surface area contributed by atoms with Crippen molar-refractivity contribution in [3.63, 3.8) is 0 Å². The van der Waals surface area contributed by atoms with Crippen LogP contribution in [-0.4, -0.2) is 22.7 Å². The largest absolute Gasteiger partial charge is 0.488 e. The molecule has 2 heterocycles. The van der Waals surface area contributed by atoms with Crippen LogP contribution in [0, 0.1) is 0 Å². The number of carbonyl (C=O) groups excluding carboxylic acids is 3. The number of hydrogen-bond acceptors (Lipinski definition) is 4. The number of amides is 3. The van der Waals surface area contributed by atoms with E-state index in [0.29, 0.717) is 48.7 Å². The second-order valence-electron chi connectivity index (χ2n) is 8.15. The number of aromatic nitrogens is 1. The van der Waals surface area contributed by atoms with Crippen LogP contribution in [0.1, 0.15) is 35.3 Å². The standard InChI is InChI=1S/C27H23N3O4/c31-25-10-5-11-26(32)30(25)20-14-12-19(13-15-20)28-27(33)23-16-21-22(29-23)8-4-9-24(21)34-17-18-6-2-1-3-7-18/h1-4,6-9,12-16,29H,5,10-11,17H2,(H,28,33). The van der Waals surface area contributed by atoms with Crippen molar-refractivity contribution in [1.29, 1.82) is 0 Å². The van der Waals surface area contributed by atoms with Gasteiger partial charge < -0.3 is 15.0 Å². The van der Waals surface area contributed by atoms with Crippen LogP contribution >= 0.6 is 0 Å². The number of fused-ring (bicyclic) bond motifs is 1. The number of hydrogen-bond donors (Lipinski definition) is 2. The number of aromatic amines is 1. The number of rotatable bonds is 6. The molecule has 0 unspecified atom stereocenters. The van der Waals surface area contributed by atoms with Crippen molar-refractivity contribution in [3.8, 4) is 5.75 Å². The molecule has 2 N–H and O–H groups in total. The molecule has 34 heavy (non-hydrogen) atoms. The van der Waals surface area contributed by atoms with Crippen molar-refractivity contribution in [2.45, 2.75) is 25.9 Å². The Morgan fingerprint density at radius 1 is 0.912 bits per heavy atom. The topological polar surface area (TPSA) is 91.5 Å². The summed E-state index contributed by atoms with van der Waals surface area (Å²) in [5, 5.41) is 3.67. The van der Waals surface area contributed by atoms with E-state index >= 15 is 0 Å². The molecule has 3 amide bonds. The van der Waals surface area contributed by atoms with Crippen LogP contribution in [-0.2, 0) is 16.2 Å². The Balaban J connectivity index is 1.30. The van der Waals surface area contributed by atoms with Crippen LogP contribution in [0.25, 0.3) is 10.9 Å². The Morgan fingerprint density at radius 3 is 2.38 bits per heavy atom. The van der Waals surface area contributed by atoms with E-state index in [-0.39, 0.29) is 17.7 Å². The summed E-state index contributed by atoms with van der Waals surface area (Å²) in [5.41, 5.74) is 3.33. The molecule has 0 saturated carbocycles. The minimum atomic E-state index is -0.303. The van der Waals surface area contributed by atoms with Crippen molar-refractivity contribution in [1.82, 2.24) is 4.98 Å². The first-order valence-electron chi connectivity index (χ1n) is 11.1. The van der Waals surface area contributed by atoms with Gasteiger partial charge in [0.1, 0.15) is 18.1 Å². The fourth-order valence-electron chi connectivity index (χ4n) is 4.04. The molecule has 0 bridgehead atoms. The number of piperidine rings is 1. The van der Waals surface area contributed by atoms with Crippen LogP contribution in [0.3, 0.4) is 0 Å². The van der Waals surface area contributed by atoms with E-state index in [1.165, 1.54) is 4.90 Å². The maximum Gasteiger partial charge on any atom is 0.272 e. The van der Waals surface area contributed by atoms with Gasteiger partial charge in [-0.3, -0.25) is 19.3 Å². The van der Waals surface area contributed by atoms with E-state index in [1.54, 1.807) is 30.3 Å². The summed E-state index contributed by atoms with van der Waals surface area (Å²) in [6.07, 6.45) is 1.31. The van der Waals surface area contributed by atoms with Gasteiger partial charge in [-0.05, 0) is 54.4 Å². The summed E-state index contributed by atoms with van der Waals surface area (Å²) in [7, 11) is 0. The lowest BCUT2D eigenvalue weighted by molar-refractivity contribution is -0.129. The molecule has 1 aliphatic rings. The number of ether oxygens (including phenoxy) is 1. The smallest absolute Gasteiger partial charge is 0.272 e. The van der Waals surface area contributed by atoms with Crippen molar-refractivity contribution in [3.05, 3.63) is 90.1 Å². The Morgan fingerprint density at radius 2 is 1.65 bits per heavy atom. The van der Waals surface area contributed by atoms with Gasteiger partial charge in [0, 0.05) is 29.4 Å². The van der Waals surface area contributed by atoms with Crippen molar-refractivity contribution >= 4 is 40.0 Å². The summed E-state index contributed by atoms with van der Waals surface area (Å²) in [4.78, 5) is 41.4. The Hall–Kier alpha value is -4.39. The quantitative estimate of drug-likeness (QED) is 0.400. The van der Waals surface area contributed by atoms with Crippen LogP contribution in [0.15, 0.2) is 78.9 Å². The third kappa shape index (κ3) is 4.41. The Kier molecular flexibility index (Phi) is 5.82. The van der Waals surface area contributed by atoms with Gasteiger partial charge in [-0.25, -0.2) is 0 Å². The van der Waals surface area contributed by atoms with Gasteiger partial charge in [-0.15, -0.1) is 0 Å². The Labute approximate surface area is 196 Å². The zero-order valence-corrected chi connectivity index (χ0v) is 18.4. The zero-order chi connectivity index (χ0) is 23.5. The maximum atomic E-state index is 12.9. The van der Waals surface area contributed by atoms with Crippen LogP contribution in [0.4, 0.5) is 11.4 Å². The average Bonchev–Trinajstić information content (AvgIpc) is 3.30. The molecule has 170 valence electrons. The molecule has 1 aliphatic heterocycles. The number of nitrogens with zero attached hydrogens (tertiary/aromatic N) is 1. The van der Waals surface area contributed by atoms with E-state index in [4.69, 9.17) is 4.74 Å². The van der Waals surface area contributed by atoms with E-state index in [2.05, 4.69) is 10.3 Å². The summed E-state index contributed by atoms with van der Waals surface area (Å²) < 4.78 is 5.99. The molecule has 7 heteroatoms. The molecule has 4 aromatic rings. The molecule has 1 aromatic heterocycles. The van der Waals surface area contributed by atoms with Crippen LogP contribution < -0.4 is 15.0 Å². The van der Waals surface area contributed by atoms with Gasteiger partial charge >= 0.3 is 0 Å². The number of carbonyl (C=O) groups is 3. The SMILES string of the molecule is O=C(Nc1ccc(N2C(=O)CCCC2=O)cc1)c1cc2c(OCc3ccccc3)cccc2[nH]1. The average molecular weight is 453 g/mol. The van der Waals surface area contributed by atoms with Gasteiger partial charge in [0.25, 0.3) is 5.91 Å². The van der Waals surface area contributed by atoms with E-state index < -0.39 is 0 Å². The third-order valence-corrected chi connectivity index (χ3v) is 5.77. The normalized spacial score (nSPS) is 13.8. The van der Waals surface area contributed by atoms with E-state index in [9.17, 15) is 14.4 Å². The summed E-state index contributed by atoms with van der Waals surface area (Å²) >= 11 is 0. The number of H-pyrrole nitrogens is 1. The highest BCUT2D eigenvalue weighted by Gasteiger charge is 2.27. The number of benzene rings is 3. The van der Waals surface area contributed by atoms with Crippen molar-refractivity contribution in [2.24, 2.45) is 0 Å². The molecule has 7 nitrogen and oxygen atoms in total. The van der Waals surface area contributed by atoms with Crippen LogP contribution in [0.2, 0.25) is 0 Å². The predicted octanol–water partition coefficient (Wildman–Crippen LogP) is 5.04. The molecule has 1 saturated heterocycles. The van der Waals surface area contributed by atoms with E-state index in [1.807, 2.05) is 48.5 Å². The Bertz CT molecular complexity index is 1340. The zero-order valence-electron chi connectivity index (χ0n) is 18.4. The summed E-state index contributed by atoms with van der Waals surface area (Å²) in [6.45, 7) is 0.432. The second-order valence-corrected chi connectivity index (χ2v) is 8.15. The van der Waals surface area contributed by atoms with Crippen molar-refractivity contribution in [2.75, 3.05) is 10.2 Å². The highest BCUT2D eigenvalue weighted by Crippen LogP contribution is 2.28. The number of anilines is 2. The summed E-state index contributed by atoms with van der Waals surface area (Å²) in [5.74, 6) is -0.00671. The molecule has 0 aliphatic carbocycles. The van der Waals surface area contributed by atoms with Crippen molar-refractivity contribution < 1.29 is 19.1 Å². The molecule has 1 fully saturated rings. The fourth-order valence-corrected chi connectivity index (χ4v) is 4.04. The molecule has 5 rings (SSSR count). The first-order valence-corrected chi connectivity index (χ1v) is 11.1. The van der Waals surface area contributed by atoms with Gasteiger partial charge in [0.05, 0.1) is 5.69 Å². The number of imide groups is 1. The second kappa shape index (κ2) is 9.23. The molecule has 0 atom stereocenters. The minimum Gasteiger partial charge on any atom is -0.488 e. The van der Waals surface area contributed by atoms with Gasteiger partial charge in [-0.2, -0.15) is 0 Å².